The van der Waals surface area contributed by atoms with Gasteiger partial charge in [0.2, 0.25) is 0 Å². The third-order valence-electron chi connectivity index (χ3n) is 2.64. The third-order valence-corrected chi connectivity index (χ3v) is 3.15. The van der Waals surface area contributed by atoms with E-state index in [1.165, 1.54) is 19.3 Å². The van der Waals surface area contributed by atoms with Gasteiger partial charge >= 0.3 is 0 Å². The fourth-order valence-electron chi connectivity index (χ4n) is 1.55. The molecule has 0 spiro atoms. The van der Waals surface area contributed by atoms with Crippen LogP contribution in [0.15, 0.2) is 36.7 Å². The fourth-order valence-corrected chi connectivity index (χ4v) is 1.88. The quantitative estimate of drug-likeness (QED) is 0.642. The number of hydrogen-bond acceptors (Lipinski definition) is 4. The van der Waals surface area contributed by atoms with Crippen LogP contribution in [0, 0.1) is 0 Å². The van der Waals surface area contributed by atoms with Gasteiger partial charge in [0.25, 0.3) is 0 Å². The molecule has 2 aromatic rings. The largest absolute Gasteiger partial charge is 0.295 e. The van der Waals surface area contributed by atoms with E-state index in [-0.39, 0.29) is 16.9 Å². The van der Waals surface area contributed by atoms with Crippen molar-refractivity contribution in [1.29, 1.82) is 0 Å². The van der Waals surface area contributed by atoms with Gasteiger partial charge in [-0.3, -0.25) is 9.59 Å². The van der Waals surface area contributed by atoms with Gasteiger partial charge in [-0.15, -0.1) is 0 Å². The molecule has 4 nitrogen and oxygen atoms in total. The first-order chi connectivity index (χ1) is 9.11. The molecule has 1 aromatic heterocycles. The van der Waals surface area contributed by atoms with Gasteiger partial charge in [-0.2, -0.15) is 0 Å². The summed E-state index contributed by atoms with van der Waals surface area (Å²) in [5, 5.41) is 0.253. The molecule has 0 bridgehead atoms. The molecule has 0 radical (unpaired) electrons. The summed E-state index contributed by atoms with van der Waals surface area (Å²) in [6, 6.07) is 7.05. The summed E-state index contributed by atoms with van der Waals surface area (Å²) in [4.78, 5) is 30.9. The molecule has 0 N–H and O–H groups in total. The molecule has 0 fully saturated rings. The molecule has 0 saturated heterocycles. The van der Waals surface area contributed by atoms with Gasteiger partial charge in [-0.05, 0) is 6.92 Å². The summed E-state index contributed by atoms with van der Waals surface area (Å²) in [5.74, 6) is 0.491. The highest BCUT2D eigenvalue weighted by Crippen LogP contribution is 2.15. The maximum Gasteiger partial charge on any atom is 0.176 e. The monoisotopic (exact) mass is 318 g/mol. The maximum absolute atomic E-state index is 11.4. The molecule has 2 rings (SSSR count). The van der Waals surface area contributed by atoms with E-state index < -0.39 is 0 Å². The lowest BCUT2D eigenvalue weighted by molar-refractivity contribution is 0.101. The molecule has 96 valence electrons. The summed E-state index contributed by atoms with van der Waals surface area (Å²) in [6.45, 7) is 1.52. The van der Waals surface area contributed by atoms with Gasteiger partial charge in [-0.25, -0.2) is 9.97 Å². The van der Waals surface area contributed by atoms with Crippen molar-refractivity contribution in [2.45, 2.75) is 6.92 Å². The minimum atomic E-state index is -0.0570. The zero-order chi connectivity index (χ0) is 13.8. The highest BCUT2D eigenvalue weighted by molar-refractivity contribution is 9.09. The van der Waals surface area contributed by atoms with Crippen LogP contribution < -0.4 is 0 Å². The topological polar surface area (TPSA) is 59.9 Å². The first-order valence-electron chi connectivity index (χ1n) is 5.64. The Morgan fingerprint density at radius 2 is 1.63 bits per heavy atom. The number of alkyl halides is 1. The van der Waals surface area contributed by atoms with Crippen LogP contribution in [0.2, 0.25) is 0 Å². The summed E-state index contributed by atoms with van der Waals surface area (Å²) in [7, 11) is 0. The minimum absolute atomic E-state index is 0.0192. The molecule has 0 saturated carbocycles. The van der Waals surface area contributed by atoms with Gasteiger partial charge in [0.1, 0.15) is 0 Å². The zero-order valence-electron chi connectivity index (χ0n) is 10.3. The standard InChI is InChI=1S/C14H11BrN2O2/c1-9(18)10-2-4-11(5-3-10)14-16-7-12(8-17-14)13(19)6-15/h2-5,7-8H,6H2,1H3. The first kappa shape index (κ1) is 13.5. The molecular weight excluding hydrogens is 308 g/mol. The van der Waals surface area contributed by atoms with Crippen LogP contribution in [-0.2, 0) is 0 Å². The molecule has 0 unspecified atom stereocenters. The molecule has 0 aliphatic rings. The molecule has 0 amide bonds. The lowest BCUT2D eigenvalue weighted by Gasteiger charge is -2.02. The second-order valence-electron chi connectivity index (χ2n) is 3.99. The number of aromatic nitrogens is 2. The van der Waals surface area contributed by atoms with Crippen LogP contribution in [0.25, 0.3) is 11.4 Å². The minimum Gasteiger partial charge on any atom is -0.295 e. The average molecular weight is 319 g/mol. The number of rotatable bonds is 4. The van der Waals surface area contributed by atoms with E-state index in [0.29, 0.717) is 17.0 Å². The third kappa shape index (κ3) is 3.12. The lowest BCUT2D eigenvalue weighted by Crippen LogP contribution is -2.02. The van der Waals surface area contributed by atoms with Crippen LogP contribution in [0.5, 0.6) is 0 Å². The second-order valence-corrected chi connectivity index (χ2v) is 4.55. The summed E-state index contributed by atoms with van der Waals surface area (Å²) >= 11 is 3.10. The van der Waals surface area contributed by atoms with Gasteiger partial charge in [-0.1, -0.05) is 40.2 Å². The van der Waals surface area contributed by atoms with Gasteiger partial charge in [0.15, 0.2) is 17.4 Å². The molecule has 0 aliphatic heterocycles. The Bertz CT molecular complexity index is 606. The molecular formula is C14H11BrN2O2. The molecule has 0 aliphatic carbocycles. The Balaban J connectivity index is 2.27. The van der Waals surface area contributed by atoms with Gasteiger partial charge < -0.3 is 0 Å². The second kappa shape index (κ2) is 5.84. The van der Waals surface area contributed by atoms with Crippen LogP contribution >= 0.6 is 15.9 Å². The molecule has 1 heterocycles. The highest BCUT2D eigenvalue weighted by Gasteiger charge is 2.07. The van der Waals surface area contributed by atoms with Gasteiger partial charge in [0.05, 0.1) is 10.9 Å². The van der Waals surface area contributed by atoms with Crippen LogP contribution in [-0.4, -0.2) is 26.9 Å². The van der Waals surface area contributed by atoms with Crippen LogP contribution in [0.1, 0.15) is 27.6 Å². The Kier molecular flexibility index (Phi) is 4.16. The van der Waals surface area contributed by atoms with Crippen LogP contribution in [0.3, 0.4) is 0 Å². The Morgan fingerprint density at radius 3 is 2.11 bits per heavy atom. The summed E-state index contributed by atoms with van der Waals surface area (Å²) in [6.07, 6.45) is 3.01. The van der Waals surface area contributed by atoms with Gasteiger partial charge in [0, 0.05) is 23.5 Å². The van der Waals surface area contributed by atoms with Crippen molar-refractivity contribution in [1.82, 2.24) is 9.97 Å². The SMILES string of the molecule is CC(=O)c1ccc(-c2ncc(C(=O)CBr)cn2)cc1. The number of Topliss-reactive ketones (excluding diaryl/α,β-unsaturated/α-hetero) is 2. The van der Waals surface area contributed by atoms with E-state index in [2.05, 4.69) is 25.9 Å². The van der Waals surface area contributed by atoms with Crippen molar-refractivity contribution < 1.29 is 9.59 Å². The maximum atomic E-state index is 11.4. The number of halogens is 1. The molecule has 19 heavy (non-hydrogen) atoms. The molecule has 0 atom stereocenters. The summed E-state index contributed by atoms with van der Waals surface area (Å²) in [5.41, 5.74) is 1.93. The highest BCUT2D eigenvalue weighted by atomic mass is 79.9. The van der Waals surface area contributed by atoms with Crippen molar-refractivity contribution in [3.63, 3.8) is 0 Å². The Labute approximate surface area is 119 Å². The van der Waals surface area contributed by atoms with E-state index in [0.717, 1.165) is 5.56 Å². The fraction of sp³-hybridized carbons (Fsp3) is 0.143. The summed E-state index contributed by atoms with van der Waals surface area (Å²) < 4.78 is 0. The number of ketones is 2. The van der Waals surface area contributed by atoms with E-state index >= 15 is 0 Å². The zero-order valence-corrected chi connectivity index (χ0v) is 11.8. The van der Waals surface area contributed by atoms with E-state index in [4.69, 9.17) is 0 Å². The van der Waals surface area contributed by atoms with Crippen molar-refractivity contribution >= 4 is 27.5 Å². The van der Waals surface area contributed by atoms with Crippen molar-refractivity contribution in [2.75, 3.05) is 5.33 Å². The first-order valence-corrected chi connectivity index (χ1v) is 6.76. The van der Waals surface area contributed by atoms with Crippen molar-refractivity contribution in [3.8, 4) is 11.4 Å². The Morgan fingerprint density at radius 1 is 1.05 bits per heavy atom. The lowest BCUT2D eigenvalue weighted by atomic mass is 10.1. The molecule has 1 aromatic carbocycles. The smallest absolute Gasteiger partial charge is 0.176 e. The van der Waals surface area contributed by atoms with Crippen molar-refractivity contribution in [2.24, 2.45) is 0 Å². The number of carbonyl (C=O) groups is 2. The number of benzene rings is 1. The van der Waals surface area contributed by atoms with E-state index in [1.807, 2.05) is 0 Å². The average Bonchev–Trinajstić information content (AvgIpc) is 2.46. The predicted octanol–water partition coefficient (Wildman–Crippen LogP) is 2.92. The number of carbonyl (C=O) groups excluding carboxylic acids is 2. The molecule has 5 heteroatoms. The Hall–Kier alpha value is -1.88. The van der Waals surface area contributed by atoms with E-state index in [9.17, 15) is 9.59 Å². The normalized spacial score (nSPS) is 10.2. The predicted molar refractivity (Wildman–Crippen MR) is 75.6 cm³/mol. The van der Waals surface area contributed by atoms with Crippen LogP contribution in [0.4, 0.5) is 0 Å². The number of nitrogens with zero attached hydrogens (tertiary/aromatic N) is 2. The van der Waals surface area contributed by atoms with E-state index in [1.54, 1.807) is 24.3 Å². The number of hydrogen-bond donors (Lipinski definition) is 0. The van der Waals surface area contributed by atoms with Crippen molar-refractivity contribution in [3.05, 3.63) is 47.8 Å².